The van der Waals surface area contributed by atoms with Crippen molar-refractivity contribution in [1.82, 2.24) is 4.98 Å². The molecule has 0 aliphatic rings. The zero-order valence-electron chi connectivity index (χ0n) is 10.0. The monoisotopic (exact) mass is 229 g/mol. The highest BCUT2D eigenvalue weighted by atomic mass is 16.5. The van der Waals surface area contributed by atoms with Gasteiger partial charge in [-0.1, -0.05) is 12.1 Å². The Morgan fingerprint density at radius 3 is 3.00 bits per heavy atom. The van der Waals surface area contributed by atoms with E-state index in [1.165, 1.54) is 0 Å². The lowest BCUT2D eigenvalue weighted by molar-refractivity contribution is -0.144. The van der Waals surface area contributed by atoms with Crippen LogP contribution in [-0.2, 0) is 9.53 Å². The zero-order valence-corrected chi connectivity index (χ0v) is 10.0. The number of pyridine rings is 1. The van der Waals surface area contributed by atoms with E-state index in [2.05, 4.69) is 4.98 Å². The molecule has 0 aliphatic carbocycles. The smallest absolute Gasteiger partial charge is 0.313 e. The van der Waals surface area contributed by atoms with Crippen molar-refractivity contribution in [1.29, 1.82) is 0 Å². The second-order valence-electron chi connectivity index (χ2n) is 3.93. The van der Waals surface area contributed by atoms with Crippen LogP contribution in [-0.4, -0.2) is 17.6 Å². The van der Waals surface area contributed by atoms with E-state index < -0.39 is 0 Å². The Morgan fingerprint density at radius 1 is 1.41 bits per heavy atom. The molecule has 3 nitrogen and oxygen atoms in total. The van der Waals surface area contributed by atoms with Crippen molar-refractivity contribution in [2.45, 2.75) is 19.8 Å². The summed E-state index contributed by atoms with van der Waals surface area (Å²) in [5.74, 6) is -0.421. The van der Waals surface area contributed by atoms with E-state index >= 15 is 0 Å². The topological polar surface area (TPSA) is 39.2 Å². The van der Waals surface area contributed by atoms with E-state index in [0.29, 0.717) is 6.61 Å². The highest BCUT2D eigenvalue weighted by molar-refractivity contribution is 5.83. The van der Waals surface area contributed by atoms with Gasteiger partial charge in [0.15, 0.2) is 0 Å². The second kappa shape index (κ2) is 4.95. The van der Waals surface area contributed by atoms with Gasteiger partial charge in [-0.3, -0.25) is 9.78 Å². The number of carbonyl (C=O) groups excluding carboxylic acids is 1. The Kier molecular flexibility index (Phi) is 3.38. The van der Waals surface area contributed by atoms with Gasteiger partial charge in [0.25, 0.3) is 0 Å². The van der Waals surface area contributed by atoms with Crippen LogP contribution in [0.1, 0.15) is 25.3 Å². The number of fused-ring (bicyclic) bond motifs is 1. The molecular formula is C14H15NO2. The van der Waals surface area contributed by atoms with Gasteiger partial charge >= 0.3 is 5.97 Å². The number of rotatable bonds is 3. The standard InChI is InChI=1S/C14H15NO2/c1-3-17-14(16)10(2)11-6-7-13-12(9-11)5-4-8-15-13/h4-10H,3H2,1-2H3/t10-/m0/s1. The molecule has 88 valence electrons. The van der Waals surface area contributed by atoms with E-state index in [0.717, 1.165) is 16.5 Å². The lowest BCUT2D eigenvalue weighted by atomic mass is 9.99. The van der Waals surface area contributed by atoms with Crippen molar-refractivity contribution in [3.8, 4) is 0 Å². The lowest BCUT2D eigenvalue weighted by Gasteiger charge is -2.11. The summed E-state index contributed by atoms with van der Waals surface area (Å²) in [7, 11) is 0. The molecule has 0 bridgehead atoms. The van der Waals surface area contributed by atoms with Crippen LogP contribution in [0.4, 0.5) is 0 Å². The maximum Gasteiger partial charge on any atom is 0.313 e. The second-order valence-corrected chi connectivity index (χ2v) is 3.93. The van der Waals surface area contributed by atoms with Gasteiger partial charge in [-0.25, -0.2) is 0 Å². The van der Waals surface area contributed by atoms with Crippen molar-refractivity contribution in [3.63, 3.8) is 0 Å². The number of aromatic nitrogens is 1. The third-order valence-corrected chi connectivity index (χ3v) is 2.77. The maximum atomic E-state index is 11.6. The summed E-state index contributed by atoms with van der Waals surface area (Å²) < 4.78 is 5.02. The Hall–Kier alpha value is -1.90. The minimum absolute atomic E-state index is 0.184. The summed E-state index contributed by atoms with van der Waals surface area (Å²) in [6, 6.07) is 9.73. The number of esters is 1. The molecule has 0 N–H and O–H groups in total. The van der Waals surface area contributed by atoms with E-state index in [1.807, 2.05) is 44.2 Å². The summed E-state index contributed by atoms with van der Waals surface area (Å²) in [5, 5.41) is 1.04. The SMILES string of the molecule is CCOC(=O)[C@@H](C)c1ccc2ncccc2c1. The summed E-state index contributed by atoms with van der Waals surface area (Å²) >= 11 is 0. The van der Waals surface area contributed by atoms with Gasteiger partial charge in [-0.2, -0.15) is 0 Å². The molecule has 0 fully saturated rings. The molecule has 0 saturated heterocycles. The first-order valence-corrected chi connectivity index (χ1v) is 5.73. The number of hydrogen-bond acceptors (Lipinski definition) is 3. The van der Waals surface area contributed by atoms with Crippen LogP contribution in [0.2, 0.25) is 0 Å². The highest BCUT2D eigenvalue weighted by Crippen LogP contribution is 2.21. The van der Waals surface area contributed by atoms with E-state index in [-0.39, 0.29) is 11.9 Å². The summed E-state index contributed by atoms with van der Waals surface area (Å²) in [5.41, 5.74) is 1.90. The fraction of sp³-hybridized carbons (Fsp3) is 0.286. The Morgan fingerprint density at radius 2 is 2.24 bits per heavy atom. The van der Waals surface area contributed by atoms with Gasteiger partial charge in [-0.05, 0) is 37.6 Å². The summed E-state index contributed by atoms with van der Waals surface area (Å²) in [4.78, 5) is 15.9. The maximum absolute atomic E-state index is 11.6. The average Bonchev–Trinajstić information content (AvgIpc) is 2.37. The van der Waals surface area contributed by atoms with E-state index in [1.54, 1.807) is 6.20 Å². The van der Waals surface area contributed by atoms with Crippen LogP contribution < -0.4 is 0 Å². The molecule has 0 amide bonds. The van der Waals surface area contributed by atoms with Crippen molar-refractivity contribution in [2.75, 3.05) is 6.61 Å². The third-order valence-electron chi connectivity index (χ3n) is 2.77. The lowest BCUT2D eigenvalue weighted by Crippen LogP contribution is -2.12. The molecule has 0 saturated carbocycles. The first kappa shape index (κ1) is 11.6. The Labute approximate surface area is 100 Å². The van der Waals surface area contributed by atoms with Gasteiger partial charge in [0.05, 0.1) is 18.0 Å². The minimum Gasteiger partial charge on any atom is -0.466 e. The predicted molar refractivity (Wildman–Crippen MR) is 66.8 cm³/mol. The fourth-order valence-electron chi connectivity index (χ4n) is 1.77. The molecule has 17 heavy (non-hydrogen) atoms. The van der Waals surface area contributed by atoms with E-state index in [9.17, 15) is 4.79 Å². The molecule has 0 unspecified atom stereocenters. The fourth-order valence-corrected chi connectivity index (χ4v) is 1.77. The van der Waals surface area contributed by atoms with Crippen molar-refractivity contribution >= 4 is 16.9 Å². The molecule has 3 heteroatoms. The molecule has 1 aromatic carbocycles. The number of benzene rings is 1. The molecular weight excluding hydrogens is 214 g/mol. The number of ether oxygens (including phenoxy) is 1. The number of carbonyl (C=O) groups is 1. The van der Waals surface area contributed by atoms with Crippen LogP contribution in [0.25, 0.3) is 10.9 Å². The van der Waals surface area contributed by atoms with Crippen molar-refractivity contribution in [3.05, 3.63) is 42.1 Å². The highest BCUT2D eigenvalue weighted by Gasteiger charge is 2.16. The van der Waals surface area contributed by atoms with Crippen molar-refractivity contribution in [2.24, 2.45) is 0 Å². The quantitative estimate of drug-likeness (QED) is 0.760. The van der Waals surface area contributed by atoms with Crippen LogP contribution >= 0.6 is 0 Å². The van der Waals surface area contributed by atoms with E-state index in [4.69, 9.17) is 4.74 Å². The van der Waals surface area contributed by atoms with Gasteiger partial charge in [0, 0.05) is 11.6 Å². The molecule has 2 rings (SSSR count). The zero-order chi connectivity index (χ0) is 12.3. The van der Waals surface area contributed by atoms with Gasteiger partial charge in [0.2, 0.25) is 0 Å². The Balaban J connectivity index is 2.32. The number of nitrogens with zero attached hydrogens (tertiary/aromatic N) is 1. The molecule has 1 heterocycles. The molecule has 0 radical (unpaired) electrons. The molecule has 1 atom stereocenters. The number of hydrogen-bond donors (Lipinski definition) is 0. The van der Waals surface area contributed by atoms with Crippen LogP contribution in [0, 0.1) is 0 Å². The van der Waals surface area contributed by atoms with Crippen LogP contribution in [0.15, 0.2) is 36.5 Å². The molecule has 0 aliphatic heterocycles. The predicted octanol–water partition coefficient (Wildman–Crippen LogP) is 2.90. The third kappa shape index (κ3) is 2.44. The molecule has 1 aromatic heterocycles. The normalized spacial score (nSPS) is 12.4. The van der Waals surface area contributed by atoms with Gasteiger partial charge < -0.3 is 4.74 Å². The molecule has 0 spiro atoms. The first-order valence-electron chi connectivity index (χ1n) is 5.73. The largest absolute Gasteiger partial charge is 0.466 e. The van der Waals surface area contributed by atoms with Gasteiger partial charge in [-0.15, -0.1) is 0 Å². The molecule has 2 aromatic rings. The summed E-state index contributed by atoms with van der Waals surface area (Å²) in [6.45, 7) is 4.09. The van der Waals surface area contributed by atoms with Crippen LogP contribution in [0.5, 0.6) is 0 Å². The minimum atomic E-state index is -0.237. The first-order chi connectivity index (χ1) is 8.22. The van der Waals surface area contributed by atoms with Crippen LogP contribution in [0.3, 0.4) is 0 Å². The van der Waals surface area contributed by atoms with Crippen molar-refractivity contribution < 1.29 is 9.53 Å². The summed E-state index contributed by atoms with van der Waals surface area (Å²) in [6.07, 6.45) is 1.76. The Bertz CT molecular complexity index is 536. The average molecular weight is 229 g/mol. The van der Waals surface area contributed by atoms with Gasteiger partial charge in [0.1, 0.15) is 0 Å².